The Morgan fingerprint density at radius 3 is 2.50 bits per heavy atom. The van der Waals surface area contributed by atoms with Gasteiger partial charge in [-0.05, 0) is 38.6 Å². The number of hydrogen-bond donors (Lipinski definition) is 1. The van der Waals surface area contributed by atoms with Gasteiger partial charge in [0.2, 0.25) is 0 Å². The zero-order valence-electron chi connectivity index (χ0n) is 5.11. The molecule has 45 valence electrons. The second-order valence-electron chi connectivity index (χ2n) is 2.93. The summed E-state index contributed by atoms with van der Waals surface area (Å²) in [5.41, 5.74) is 0.542. The van der Waals surface area contributed by atoms with Crippen LogP contribution in [0, 0.1) is 6.42 Å². The molecule has 1 heterocycles. The van der Waals surface area contributed by atoms with Crippen LogP contribution < -0.4 is 5.32 Å². The number of nitrogens with one attached hydrogen (secondary N) is 1. The van der Waals surface area contributed by atoms with E-state index in [2.05, 4.69) is 11.7 Å². The van der Waals surface area contributed by atoms with Gasteiger partial charge < -0.3 is 5.32 Å². The van der Waals surface area contributed by atoms with Crippen molar-refractivity contribution in [2.75, 3.05) is 6.54 Å². The van der Waals surface area contributed by atoms with Gasteiger partial charge >= 0.3 is 0 Å². The lowest BCUT2D eigenvalue weighted by molar-refractivity contribution is 0.311. The average Bonchev–Trinajstić information content (AvgIpc) is 2.07. The molecule has 0 aromatic carbocycles. The van der Waals surface area contributed by atoms with E-state index < -0.39 is 0 Å². The van der Waals surface area contributed by atoms with Gasteiger partial charge in [-0.25, -0.2) is 0 Å². The second kappa shape index (κ2) is 1.47. The number of hydrogen-bond acceptors (Lipinski definition) is 1. The average molecular weight is 110 g/mol. The molecule has 1 saturated carbocycles. The largest absolute Gasteiger partial charge is 0.311 e. The van der Waals surface area contributed by atoms with Crippen LogP contribution in [0.2, 0.25) is 0 Å². The Morgan fingerprint density at radius 1 is 1.38 bits per heavy atom. The number of rotatable bonds is 0. The molecule has 1 unspecified atom stereocenters. The van der Waals surface area contributed by atoms with Gasteiger partial charge in [0.15, 0.2) is 0 Å². The van der Waals surface area contributed by atoms with E-state index in [-0.39, 0.29) is 0 Å². The van der Waals surface area contributed by atoms with Crippen molar-refractivity contribution in [1.29, 1.82) is 0 Å². The molecule has 1 radical (unpaired) electrons. The Bertz CT molecular complexity index is 86.6. The van der Waals surface area contributed by atoms with Crippen molar-refractivity contribution in [2.24, 2.45) is 0 Å². The third-order valence-corrected chi connectivity index (χ3v) is 2.40. The predicted octanol–water partition coefficient (Wildman–Crippen LogP) is 1.11. The fraction of sp³-hybridized carbons (Fsp3) is 0.857. The van der Waals surface area contributed by atoms with Crippen molar-refractivity contribution < 1.29 is 0 Å². The first kappa shape index (κ1) is 4.80. The molecule has 0 bridgehead atoms. The third kappa shape index (κ3) is 0.510. The normalized spacial score (nSPS) is 33.0. The molecule has 0 amide bonds. The molecule has 2 rings (SSSR count). The van der Waals surface area contributed by atoms with Crippen LogP contribution in [0.1, 0.15) is 25.7 Å². The van der Waals surface area contributed by atoms with Crippen molar-refractivity contribution in [1.82, 2.24) is 5.32 Å². The molecule has 1 heteroatoms. The van der Waals surface area contributed by atoms with Gasteiger partial charge in [0.25, 0.3) is 0 Å². The van der Waals surface area contributed by atoms with E-state index in [0.29, 0.717) is 5.54 Å². The summed E-state index contributed by atoms with van der Waals surface area (Å²) in [5, 5.41) is 3.51. The van der Waals surface area contributed by atoms with Crippen LogP contribution in [-0.2, 0) is 0 Å². The molecule has 1 N–H and O–H groups in total. The second-order valence-corrected chi connectivity index (χ2v) is 2.93. The molecule has 1 spiro atoms. The van der Waals surface area contributed by atoms with Crippen LogP contribution in [-0.4, -0.2) is 12.1 Å². The molecule has 1 aliphatic heterocycles. The summed E-state index contributed by atoms with van der Waals surface area (Å²) in [4.78, 5) is 0. The van der Waals surface area contributed by atoms with E-state index in [1.54, 1.807) is 0 Å². The summed E-state index contributed by atoms with van der Waals surface area (Å²) < 4.78 is 0. The van der Waals surface area contributed by atoms with Crippen molar-refractivity contribution >= 4 is 0 Å². The van der Waals surface area contributed by atoms with Crippen molar-refractivity contribution in [2.45, 2.75) is 31.2 Å². The van der Waals surface area contributed by atoms with Crippen molar-refractivity contribution in [3.05, 3.63) is 6.42 Å². The molecule has 2 fully saturated rings. The highest BCUT2D eigenvalue weighted by atomic mass is 15.0. The van der Waals surface area contributed by atoms with Crippen LogP contribution in [0.25, 0.3) is 0 Å². The maximum Gasteiger partial charge on any atom is 0.0213 e. The Morgan fingerprint density at radius 2 is 2.25 bits per heavy atom. The zero-order chi connectivity index (χ0) is 5.45. The summed E-state index contributed by atoms with van der Waals surface area (Å²) >= 11 is 0. The van der Waals surface area contributed by atoms with Gasteiger partial charge in [-0.3, -0.25) is 0 Å². The SMILES string of the molecule is [CH]1CCC12CCCN2. The monoisotopic (exact) mass is 110 g/mol. The minimum absolute atomic E-state index is 0.542. The fourth-order valence-electron chi connectivity index (χ4n) is 1.71. The Balaban J connectivity index is 2.01. The molecule has 1 nitrogen and oxygen atoms in total. The highest BCUT2D eigenvalue weighted by Crippen LogP contribution is 2.37. The minimum Gasteiger partial charge on any atom is -0.311 e. The zero-order valence-corrected chi connectivity index (χ0v) is 5.11. The molecule has 1 saturated heterocycles. The molecule has 1 aliphatic carbocycles. The van der Waals surface area contributed by atoms with E-state index >= 15 is 0 Å². The van der Waals surface area contributed by atoms with Crippen LogP contribution in [0.3, 0.4) is 0 Å². The molecule has 0 aromatic rings. The topological polar surface area (TPSA) is 12.0 Å². The van der Waals surface area contributed by atoms with Gasteiger partial charge in [0, 0.05) is 5.54 Å². The Labute approximate surface area is 50.5 Å². The first-order chi connectivity index (χ1) is 3.91. The third-order valence-electron chi connectivity index (χ3n) is 2.40. The van der Waals surface area contributed by atoms with Crippen molar-refractivity contribution in [3.8, 4) is 0 Å². The van der Waals surface area contributed by atoms with E-state index in [4.69, 9.17) is 0 Å². The highest BCUT2D eigenvalue weighted by Gasteiger charge is 2.38. The molecule has 0 aromatic heterocycles. The molecule has 2 aliphatic rings. The van der Waals surface area contributed by atoms with E-state index in [9.17, 15) is 0 Å². The summed E-state index contributed by atoms with van der Waals surface area (Å²) in [6, 6.07) is 0. The minimum atomic E-state index is 0.542. The van der Waals surface area contributed by atoms with Crippen LogP contribution in [0.15, 0.2) is 0 Å². The lowest BCUT2D eigenvalue weighted by Gasteiger charge is -2.37. The Kier molecular flexibility index (Phi) is 0.884. The summed E-state index contributed by atoms with van der Waals surface area (Å²) in [5.74, 6) is 0. The van der Waals surface area contributed by atoms with Gasteiger partial charge in [0.1, 0.15) is 0 Å². The summed E-state index contributed by atoms with van der Waals surface area (Å²) in [7, 11) is 0. The van der Waals surface area contributed by atoms with Crippen LogP contribution >= 0.6 is 0 Å². The van der Waals surface area contributed by atoms with Gasteiger partial charge in [0.05, 0.1) is 0 Å². The maximum absolute atomic E-state index is 3.51. The Hall–Kier alpha value is -0.0400. The summed E-state index contributed by atoms with van der Waals surface area (Å²) in [6.45, 7) is 1.25. The smallest absolute Gasteiger partial charge is 0.0213 e. The van der Waals surface area contributed by atoms with E-state index in [0.717, 1.165) is 0 Å². The van der Waals surface area contributed by atoms with Gasteiger partial charge in [-0.15, -0.1) is 0 Å². The van der Waals surface area contributed by atoms with Gasteiger partial charge in [-0.2, -0.15) is 0 Å². The first-order valence-electron chi connectivity index (χ1n) is 3.51. The lowest BCUT2D eigenvalue weighted by atomic mass is 9.76. The first-order valence-corrected chi connectivity index (χ1v) is 3.51. The fourth-order valence-corrected chi connectivity index (χ4v) is 1.71. The molecule has 1 atom stereocenters. The molecular weight excluding hydrogens is 98.1 g/mol. The lowest BCUT2D eigenvalue weighted by Crippen LogP contribution is -2.46. The van der Waals surface area contributed by atoms with Crippen molar-refractivity contribution in [3.63, 3.8) is 0 Å². The maximum atomic E-state index is 3.51. The van der Waals surface area contributed by atoms with Gasteiger partial charge in [-0.1, -0.05) is 0 Å². The highest BCUT2D eigenvalue weighted by molar-refractivity contribution is 5.11. The molecule has 8 heavy (non-hydrogen) atoms. The van der Waals surface area contributed by atoms with E-state index in [1.165, 1.54) is 32.2 Å². The standard InChI is InChI=1S/C7H12N/c1-3-7(4-1)5-2-6-8-7/h3,8H,1-2,4-6H2. The van der Waals surface area contributed by atoms with Crippen LogP contribution in [0.4, 0.5) is 0 Å². The quantitative estimate of drug-likeness (QED) is 0.492. The summed E-state index contributed by atoms with van der Waals surface area (Å²) in [6.07, 6.45) is 7.95. The molecular formula is C7H12N. The predicted molar refractivity (Wildman–Crippen MR) is 33.5 cm³/mol. The van der Waals surface area contributed by atoms with E-state index in [1.807, 2.05) is 0 Å². The van der Waals surface area contributed by atoms with Crippen LogP contribution in [0.5, 0.6) is 0 Å².